The maximum absolute atomic E-state index is 13.2. The number of nitrogens with one attached hydrogen (secondary N) is 3. The number of phenols is 1. The number of amides is 1. The number of carbonyl (C=O) groups excluding carboxylic acids is 1. The Hall–Kier alpha value is -3.31. The second-order valence-electron chi connectivity index (χ2n) is 8.90. The van der Waals surface area contributed by atoms with E-state index >= 15 is 0 Å². The number of fused-ring (bicyclic) bond motifs is 2. The molecule has 0 aromatic heterocycles. The Kier molecular flexibility index (Phi) is 5.58. The van der Waals surface area contributed by atoms with Gasteiger partial charge in [0.2, 0.25) is 5.91 Å². The van der Waals surface area contributed by atoms with Crippen molar-refractivity contribution in [3.8, 4) is 5.75 Å². The van der Waals surface area contributed by atoms with E-state index in [4.69, 9.17) is 0 Å². The highest BCUT2D eigenvalue weighted by Gasteiger charge is 2.29. The van der Waals surface area contributed by atoms with Crippen LogP contribution in [0.1, 0.15) is 45.8 Å². The molecule has 2 aliphatic heterocycles. The van der Waals surface area contributed by atoms with Crippen LogP contribution in [0.15, 0.2) is 60.7 Å². The lowest BCUT2D eigenvalue weighted by atomic mass is 9.90. The molecule has 4 N–H and O–H groups in total. The van der Waals surface area contributed by atoms with Crippen LogP contribution in [0, 0.1) is 6.92 Å². The van der Waals surface area contributed by atoms with Crippen molar-refractivity contribution in [3.05, 3.63) is 94.0 Å². The maximum atomic E-state index is 13.2. The molecular weight excluding hydrogens is 398 g/mol. The monoisotopic (exact) mass is 427 g/mol. The third-order valence-electron chi connectivity index (χ3n) is 6.62. The number of aromatic hydroxyl groups is 1. The number of rotatable bonds is 4. The summed E-state index contributed by atoms with van der Waals surface area (Å²) in [6.07, 6.45) is 2.38. The number of hydrogen-bond acceptors (Lipinski definition) is 4. The Morgan fingerprint density at radius 1 is 1.09 bits per heavy atom. The van der Waals surface area contributed by atoms with Crippen molar-refractivity contribution in [2.24, 2.45) is 0 Å². The number of phenolic OH excluding ortho intramolecular Hbond substituents is 1. The van der Waals surface area contributed by atoms with Gasteiger partial charge in [-0.05, 0) is 77.8 Å². The van der Waals surface area contributed by atoms with Crippen molar-refractivity contribution < 1.29 is 9.90 Å². The second kappa shape index (κ2) is 8.67. The van der Waals surface area contributed by atoms with Crippen LogP contribution in [0.3, 0.4) is 0 Å². The molecule has 5 rings (SSSR count). The molecule has 5 nitrogen and oxygen atoms in total. The molecule has 2 unspecified atom stereocenters. The topological polar surface area (TPSA) is 73.4 Å². The van der Waals surface area contributed by atoms with Gasteiger partial charge in [0.15, 0.2) is 0 Å². The van der Waals surface area contributed by atoms with Gasteiger partial charge in [-0.2, -0.15) is 0 Å². The molecular formula is C27H29N3O2. The van der Waals surface area contributed by atoms with Crippen LogP contribution in [0.25, 0.3) is 0 Å². The molecule has 0 bridgehead atoms. The number of benzene rings is 3. The molecule has 5 heteroatoms. The van der Waals surface area contributed by atoms with Crippen LogP contribution in [-0.4, -0.2) is 23.6 Å². The van der Waals surface area contributed by atoms with E-state index < -0.39 is 0 Å². The molecule has 2 heterocycles. The Morgan fingerprint density at radius 2 is 1.94 bits per heavy atom. The second-order valence-corrected chi connectivity index (χ2v) is 8.90. The van der Waals surface area contributed by atoms with Gasteiger partial charge in [0, 0.05) is 18.8 Å². The summed E-state index contributed by atoms with van der Waals surface area (Å²) in [5.41, 5.74) is 8.07. The Labute approximate surface area is 188 Å². The molecule has 0 radical (unpaired) electrons. The number of anilines is 1. The van der Waals surface area contributed by atoms with Gasteiger partial charge in [-0.25, -0.2) is 0 Å². The highest BCUT2D eigenvalue weighted by atomic mass is 16.3. The van der Waals surface area contributed by atoms with Crippen molar-refractivity contribution >= 4 is 11.6 Å². The standard InChI is InChI=1S/C27H29N3O2/c1-17-11-21(31)14-20-16-29-26(15-22(17)20)27(32)30-25-9-10-28-24-8-7-19(13-23(24)25)12-18-5-3-2-4-6-18/h2-8,11,13-14,25-26,28-29,31H,9-10,12,15-16H2,1H3,(H,30,32). The SMILES string of the molecule is Cc1cc(O)cc2c1CC(C(=O)NC1CCNc3ccc(Cc4ccccc4)cc31)NC2. The Bertz CT molecular complexity index is 1140. The van der Waals surface area contributed by atoms with Crippen LogP contribution >= 0.6 is 0 Å². The van der Waals surface area contributed by atoms with E-state index in [1.807, 2.05) is 13.0 Å². The summed E-state index contributed by atoms with van der Waals surface area (Å²) in [4.78, 5) is 13.2. The van der Waals surface area contributed by atoms with Crippen molar-refractivity contribution in [1.29, 1.82) is 0 Å². The smallest absolute Gasteiger partial charge is 0.237 e. The highest BCUT2D eigenvalue weighted by Crippen LogP contribution is 2.32. The lowest BCUT2D eigenvalue weighted by Crippen LogP contribution is -2.49. The number of aryl methyl sites for hydroxylation is 1. The average molecular weight is 428 g/mol. The van der Waals surface area contributed by atoms with Crippen LogP contribution < -0.4 is 16.0 Å². The summed E-state index contributed by atoms with van der Waals surface area (Å²) in [6, 6.07) is 20.3. The summed E-state index contributed by atoms with van der Waals surface area (Å²) in [7, 11) is 0. The largest absolute Gasteiger partial charge is 0.508 e. The van der Waals surface area contributed by atoms with Crippen molar-refractivity contribution in [1.82, 2.24) is 10.6 Å². The molecule has 2 atom stereocenters. The minimum Gasteiger partial charge on any atom is -0.508 e. The number of carbonyl (C=O) groups is 1. The van der Waals surface area contributed by atoms with Gasteiger partial charge in [0.25, 0.3) is 0 Å². The lowest BCUT2D eigenvalue weighted by Gasteiger charge is -2.31. The van der Waals surface area contributed by atoms with E-state index in [1.54, 1.807) is 12.1 Å². The highest BCUT2D eigenvalue weighted by molar-refractivity contribution is 5.83. The minimum absolute atomic E-state index is 0.00131. The van der Waals surface area contributed by atoms with Crippen LogP contribution in [0.2, 0.25) is 0 Å². The molecule has 0 spiro atoms. The molecule has 32 heavy (non-hydrogen) atoms. The quantitative estimate of drug-likeness (QED) is 0.508. The van der Waals surface area contributed by atoms with E-state index in [0.717, 1.165) is 47.3 Å². The van der Waals surface area contributed by atoms with Gasteiger partial charge in [-0.3, -0.25) is 4.79 Å². The summed E-state index contributed by atoms with van der Waals surface area (Å²) in [6.45, 7) is 3.43. The predicted molar refractivity (Wildman–Crippen MR) is 127 cm³/mol. The Balaban J connectivity index is 1.32. The zero-order chi connectivity index (χ0) is 22.1. The number of hydrogen-bond donors (Lipinski definition) is 4. The molecule has 0 saturated carbocycles. The normalized spacial score (nSPS) is 19.4. The fourth-order valence-corrected chi connectivity index (χ4v) is 4.95. The van der Waals surface area contributed by atoms with Gasteiger partial charge in [0.1, 0.15) is 5.75 Å². The maximum Gasteiger partial charge on any atom is 0.237 e. The molecule has 1 amide bonds. The Morgan fingerprint density at radius 3 is 2.78 bits per heavy atom. The third kappa shape index (κ3) is 4.21. The molecule has 0 aliphatic carbocycles. The van der Waals surface area contributed by atoms with Crippen molar-refractivity contribution in [2.45, 2.75) is 44.8 Å². The van der Waals surface area contributed by atoms with Crippen molar-refractivity contribution in [3.63, 3.8) is 0 Å². The van der Waals surface area contributed by atoms with Gasteiger partial charge in [-0.15, -0.1) is 0 Å². The third-order valence-corrected chi connectivity index (χ3v) is 6.62. The van der Waals surface area contributed by atoms with Crippen molar-refractivity contribution in [2.75, 3.05) is 11.9 Å². The average Bonchev–Trinajstić information content (AvgIpc) is 2.80. The van der Waals surface area contributed by atoms with E-state index in [1.165, 1.54) is 11.1 Å². The summed E-state index contributed by atoms with van der Waals surface area (Å²) in [5.74, 6) is 0.318. The first-order valence-corrected chi connectivity index (χ1v) is 11.3. The lowest BCUT2D eigenvalue weighted by molar-refractivity contribution is -0.124. The molecule has 3 aromatic rings. The first kappa shape index (κ1) is 20.6. The first-order valence-electron chi connectivity index (χ1n) is 11.3. The van der Waals surface area contributed by atoms with E-state index in [0.29, 0.717) is 13.0 Å². The summed E-state index contributed by atoms with van der Waals surface area (Å²) < 4.78 is 0. The zero-order valence-electron chi connectivity index (χ0n) is 18.3. The van der Waals surface area contributed by atoms with Crippen LogP contribution in [0.4, 0.5) is 5.69 Å². The minimum atomic E-state index is -0.267. The van der Waals surface area contributed by atoms with Gasteiger partial charge < -0.3 is 21.1 Å². The summed E-state index contributed by atoms with van der Waals surface area (Å²) >= 11 is 0. The predicted octanol–water partition coefficient (Wildman–Crippen LogP) is 3.98. The molecule has 0 saturated heterocycles. The first-order chi connectivity index (χ1) is 15.6. The zero-order valence-corrected chi connectivity index (χ0v) is 18.3. The molecule has 2 aliphatic rings. The van der Waals surface area contributed by atoms with E-state index in [9.17, 15) is 9.90 Å². The fourth-order valence-electron chi connectivity index (χ4n) is 4.95. The van der Waals surface area contributed by atoms with E-state index in [-0.39, 0.29) is 23.7 Å². The van der Waals surface area contributed by atoms with Gasteiger partial charge in [-0.1, -0.05) is 42.5 Å². The summed E-state index contributed by atoms with van der Waals surface area (Å²) in [5, 5.41) is 20.0. The fraction of sp³-hybridized carbons (Fsp3) is 0.296. The van der Waals surface area contributed by atoms with E-state index in [2.05, 4.69) is 58.4 Å². The van der Waals surface area contributed by atoms with Crippen LogP contribution in [0.5, 0.6) is 5.75 Å². The molecule has 164 valence electrons. The van der Waals surface area contributed by atoms with Crippen LogP contribution in [-0.2, 0) is 24.2 Å². The molecule has 3 aromatic carbocycles. The van der Waals surface area contributed by atoms with Gasteiger partial charge in [0.05, 0.1) is 12.1 Å². The van der Waals surface area contributed by atoms with Gasteiger partial charge >= 0.3 is 0 Å². The molecule has 0 fully saturated rings.